The molecular formula is C22H28N2O. The molecule has 0 saturated carbocycles. The Kier molecular flexibility index (Phi) is 4.53. The lowest BCUT2D eigenvalue weighted by Crippen LogP contribution is -2.24. The van der Waals surface area contributed by atoms with E-state index in [9.17, 15) is 0 Å². The second kappa shape index (κ2) is 6.81. The summed E-state index contributed by atoms with van der Waals surface area (Å²) in [6.07, 6.45) is 3.70. The highest BCUT2D eigenvalue weighted by atomic mass is 16.5. The predicted molar refractivity (Wildman–Crippen MR) is 103 cm³/mol. The van der Waals surface area contributed by atoms with Crippen molar-refractivity contribution in [3.63, 3.8) is 0 Å². The third kappa shape index (κ3) is 3.44. The van der Waals surface area contributed by atoms with Crippen LogP contribution in [0.5, 0.6) is 5.75 Å². The number of benzene rings is 2. The van der Waals surface area contributed by atoms with Crippen LogP contribution in [0.3, 0.4) is 0 Å². The second-order valence-electron chi connectivity index (χ2n) is 7.67. The monoisotopic (exact) mass is 336 g/mol. The average molecular weight is 336 g/mol. The van der Waals surface area contributed by atoms with Crippen LogP contribution in [0.25, 0.3) is 11.1 Å². The van der Waals surface area contributed by atoms with E-state index in [2.05, 4.69) is 49.1 Å². The molecule has 2 heterocycles. The summed E-state index contributed by atoms with van der Waals surface area (Å²) < 4.78 is 6.17. The van der Waals surface area contributed by atoms with E-state index in [1.165, 1.54) is 59.3 Å². The summed E-state index contributed by atoms with van der Waals surface area (Å²) in [7, 11) is 0. The molecule has 0 aromatic heterocycles. The maximum atomic E-state index is 6.17. The smallest absolute Gasteiger partial charge is 0.130 e. The van der Waals surface area contributed by atoms with Crippen LogP contribution in [0.2, 0.25) is 0 Å². The van der Waals surface area contributed by atoms with Gasteiger partial charge in [0.25, 0.3) is 0 Å². The van der Waals surface area contributed by atoms with Crippen LogP contribution in [-0.4, -0.2) is 30.6 Å². The Balaban J connectivity index is 1.71. The Labute approximate surface area is 150 Å². The van der Waals surface area contributed by atoms with Gasteiger partial charge < -0.3 is 10.5 Å². The molecule has 1 atom stereocenters. The lowest BCUT2D eigenvalue weighted by Gasteiger charge is -2.17. The number of rotatable bonds is 4. The first kappa shape index (κ1) is 16.6. The molecule has 0 unspecified atom stereocenters. The maximum absolute atomic E-state index is 6.17. The molecule has 3 heteroatoms. The van der Waals surface area contributed by atoms with Gasteiger partial charge in [-0.3, -0.25) is 4.90 Å². The van der Waals surface area contributed by atoms with E-state index in [0.717, 1.165) is 18.7 Å². The quantitative estimate of drug-likeness (QED) is 0.922. The van der Waals surface area contributed by atoms with E-state index < -0.39 is 0 Å². The number of likely N-dealkylation sites (tertiary alicyclic amines) is 1. The van der Waals surface area contributed by atoms with E-state index in [1.54, 1.807) is 0 Å². The highest BCUT2D eigenvalue weighted by Crippen LogP contribution is 2.40. The fraction of sp³-hybridized carbons (Fsp3) is 0.455. The largest absolute Gasteiger partial charge is 0.488 e. The van der Waals surface area contributed by atoms with Crippen LogP contribution in [0.4, 0.5) is 0 Å². The van der Waals surface area contributed by atoms with Gasteiger partial charge >= 0.3 is 0 Å². The third-order valence-corrected chi connectivity index (χ3v) is 5.36. The first-order chi connectivity index (χ1) is 12.1. The Morgan fingerprint density at radius 1 is 1.04 bits per heavy atom. The minimum Gasteiger partial charge on any atom is -0.488 e. The summed E-state index contributed by atoms with van der Waals surface area (Å²) in [5.74, 6) is 1.04. The van der Waals surface area contributed by atoms with Crippen LogP contribution in [0, 0.1) is 13.8 Å². The van der Waals surface area contributed by atoms with Gasteiger partial charge in [0.1, 0.15) is 11.9 Å². The molecule has 2 aliphatic rings. The van der Waals surface area contributed by atoms with Crippen LogP contribution in [0.1, 0.15) is 35.1 Å². The Hall–Kier alpha value is -1.84. The van der Waals surface area contributed by atoms with Crippen molar-refractivity contribution in [2.45, 2.75) is 45.8 Å². The predicted octanol–water partition coefficient (Wildman–Crippen LogP) is 3.83. The van der Waals surface area contributed by atoms with Crippen LogP contribution < -0.4 is 10.5 Å². The molecule has 0 amide bonds. The molecule has 1 fully saturated rings. The summed E-state index contributed by atoms with van der Waals surface area (Å²) in [6, 6.07) is 11.4. The summed E-state index contributed by atoms with van der Waals surface area (Å²) >= 11 is 0. The molecule has 1 saturated heterocycles. The fourth-order valence-corrected chi connectivity index (χ4v) is 4.25. The number of nitrogens with two attached hydrogens (primary N) is 1. The average Bonchev–Trinajstić information content (AvgIpc) is 3.22. The molecule has 2 aromatic rings. The molecule has 0 aliphatic carbocycles. The van der Waals surface area contributed by atoms with Crippen molar-refractivity contribution in [1.29, 1.82) is 0 Å². The number of fused-ring (bicyclic) bond motifs is 1. The van der Waals surface area contributed by atoms with Crippen molar-refractivity contribution in [3.05, 3.63) is 52.6 Å². The third-order valence-electron chi connectivity index (χ3n) is 5.36. The van der Waals surface area contributed by atoms with Crippen molar-refractivity contribution in [1.82, 2.24) is 4.90 Å². The van der Waals surface area contributed by atoms with E-state index in [-0.39, 0.29) is 6.10 Å². The number of hydrogen-bond donors (Lipinski definition) is 1. The molecule has 4 rings (SSSR count). The van der Waals surface area contributed by atoms with Gasteiger partial charge in [0.2, 0.25) is 0 Å². The van der Waals surface area contributed by atoms with Crippen molar-refractivity contribution in [2.24, 2.45) is 5.73 Å². The van der Waals surface area contributed by atoms with Crippen molar-refractivity contribution in [2.75, 3.05) is 19.6 Å². The van der Waals surface area contributed by atoms with Gasteiger partial charge in [-0.25, -0.2) is 0 Å². The van der Waals surface area contributed by atoms with Crippen molar-refractivity contribution < 1.29 is 4.74 Å². The number of hydrogen-bond acceptors (Lipinski definition) is 3. The van der Waals surface area contributed by atoms with Crippen molar-refractivity contribution >= 4 is 0 Å². The van der Waals surface area contributed by atoms with Gasteiger partial charge in [0, 0.05) is 25.1 Å². The molecule has 0 bridgehead atoms. The highest BCUT2D eigenvalue weighted by Gasteiger charge is 2.25. The molecular weight excluding hydrogens is 308 g/mol. The topological polar surface area (TPSA) is 38.5 Å². The van der Waals surface area contributed by atoms with E-state index >= 15 is 0 Å². The van der Waals surface area contributed by atoms with Gasteiger partial charge in [-0.15, -0.1) is 0 Å². The summed E-state index contributed by atoms with van der Waals surface area (Å²) in [6.45, 7) is 8.43. The lowest BCUT2D eigenvalue weighted by molar-refractivity contribution is 0.242. The van der Waals surface area contributed by atoms with Gasteiger partial charge in [-0.05, 0) is 74.2 Å². The minimum atomic E-state index is 0.115. The molecule has 132 valence electrons. The Bertz CT molecular complexity index is 778. The molecule has 2 N–H and O–H groups in total. The minimum absolute atomic E-state index is 0.115. The summed E-state index contributed by atoms with van der Waals surface area (Å²) in [4.78, 5) is 2.56. The Morgan fingerprint density at radius 2 is 1.80 bits per heavy atom. The zero-order valence-corrected chi connectivity index (χ0v) is 15.3. The van der Waals surface area contributed by atoms with Gasteiger partial charge in [-0.1, -0.05) is 23.8 Å². The molecule has 0 spiro atoms. The van der Waals surface area contributed by atoms with Gasteiger partial charge in [-0.2, -0.15) is 0 Å². The SMILES string of the molecule is Cc1cc(CN2CCCC2)cc(-c2cc(C)cc3c2O[C@@H](CN)C3)c1. The standard InChI is InChI=1S/C22H28N2O/c1-15-7-17(14-24-5-3-4-6-24)11-18(8-15)21-10-16(2)9-19-12-20(13-23)25-22(19)21/h7-11,20H,3-6,12-14,23H2,1-2H3/t20-/m1/s1. The summed E-state index contributed by atoms with van der Waals surface area (Å²) in [5.41, 5.74) is 13.6. The molecule has 2 aromatic carbocycles. The molecule has 0 radical (unpaired) electrons. The normalized spacial score (nSPS) is 19.9. The fourth-order valence-electron chi connectivity index (χ4n) is 4.25. The Morgan fingerprint density at radius 3 is 2.56 bits per heavy atom. The van der Waals surface area contributed by atoms with Crippen LogP contribution >= 0.6 is 0 Å². The zero-order chi connectivity index (χ0) is 17.4. The number of nitrogens with zero attached hydrogens (tertiary/aromatic N) is 1. The van der Waals surface area contributed by atoms with E-state index in [4.69, 9.17) is 10.5 Å². The van der Waals surface area contributed by atoms with Gasteiger partial charge in [0.15, 0.2) is 0 Å². The number of aryl methyl sites for hydroxylation is 2. The maximum Gasteiger partial charge on any atom is 0.130 e. The van der Waals surface area contributed by atoms with Crippen LogP contribution in [0.15, 0.2) is 30.3 Å². The molecule has 25 heavy (non-hydrogen) atoms. The van der Waals surface area contributed by atoms with Crippen molar-refractivity contribution in [3.8, 4) is 16.9 Å². The second-order valence-corrected chi connectivity index (χ2v) is 7.67. The van der Waals surface area contributed by atoms with E-state index in [1.807, 2.05) is 0 Å². The molecule has 2 aliphatic heterocycles. The number of ether oxygens (including phenoxy) is 1. The highest BCUT2D eigenvalue weighted by molar-refractivity contribution is 5.75. The zero-order valence-electron chi connectivity index (χ0n) is 15.3. The van der Waals surface area contributed by atoms with Crippen LogP contribution in [-0.2, 0) is 13.0 Å². The molecule has 3 nitrogen and oxygen atoms in total. The lowest BCUT2D eigenvalue weighted by atomic mass is 9.95. The first-order valence-electron chi connectivity index (χ1n) is 9.46. The van der Waals surface area contributed by atoms with E-state index in [0.29, 0.717) is 6.54 Å². The van der Waals surface area contributed by atoms with Gasteiger partial charge in [0.05, 0.1) is 0 Å². The summed E-state index contributed by atoms with van der Waals surface area (Å²) in [5, 5.41) is 0. The first-order valence-corrected chi connectivity index (χ1v) is 9.46.